The molecule has 0 aliphatic carbocycles. The highest BCUT2D eigenvalue weighted by atomic mass is 16.5. The molecule has 0 N–H and O–H groups in total. The summed E-state index contributed by atoms with van der Waals surface area (Å²) in [7, 11) is 4.77. The summed E-state index contributed by atoms with van der Waals surface area (Å²) in [6, 6.07) is 7.11. The van der Waals surface area contributed by atoms with Gasteiger partial charge in [-0.3, -0.25) is 4.68 Å². The van der Waals surface area contributed by atoms with E-state index < -0.39 is 0 Å². The molecule has 94 valence electrons. The van der Waals surface area contributed by atoms with E-state index in [0.29, 0.717) is 11.4 Å². The number of esters is 1. The second-order valence-corrected chi connectivity index (χ2v) is 3.79. The van der Waals surface area contributed by atoms with Gasteiger partial charge < -0.3 is 9.47 Å². The molecular formula is C13H14N2O3. The smallest absolute Gasteiger partial charge is 0.337 e. The molecule has 0 atom stereocenters. The Bertz CT molecular complexity index is 558. The van der Waals surface area contributed by atoms with Gasteiger partial charge >= 0.3 is 5.97 Å². The molecule has 0 aliphatic heterocycles. The molecule has 0 unspecified atom stereocenters. The van der Waals surface area contributed by atoms with Gasteiger partial charge in [-0.2, -0.15) is 0 Å². The highest BCUT2D eigenvalue weighted by Gasteiger charge is 2.11. The molecule has 0 saturated carbocycles. The Hall–Kier alpha value is -2.30. The monoisotopic (exact) mass is 246 g/mol. The summed E-state index contributed by atoms with van der Waals surface area (Å²) in [4.78, 5) is 11.3. The van der Waals surface area contributed by atoms with Crippen molar-refractivity contribution in [2.24, 2.45) is 7.05 Å². The minimum Gasteiger partial charge on any atom is -0.479 e. The zero-order valence-electron chi connectivity index (χ0n) is 10.5. The first-order valence-electron chi connectivity index (χ1n) is 5.42. The summed E-state index contributed by atoms with van der Waals surface area (Å²) >= 11 is 0. The summed E-state index contributed by atoms with van der Waals surface area (Å²) < 4.78 is 11.5. The second-order valence-electron chi connectivity index (χ2n) is 3.79. The van der Waals surface area contributed by atoms with Gasteiger partial charge in [-0.15, -0.1) is 5.10 Å². The van der Waals surface area contributed by atoms with Crippen LogP contribution < -0.4 is 4.74 Å². The fourth-order valence-corrected chi connectivity index (χ4v) is 1.72. The third kappa shape index (κ3) is 2.20. The van der Waals surface area contributed by atoms with Crippen LogP contribution in [-0.4, -0.2) is 30.0 Å². The number of nitrogens with zero attached hydrogens (tertiary/aromatic N) is 2. The van der Waals surface area contributed by atoms with E-state index in [1.54, 1.807) is 23.9 Å². The van der Waals surface area contributed by atoms with E-state index in [1.165, 1.54) is 7.11 Å². The molecule has 1 aromatic carbocycles. The van der Waals surface area contributed by atoms with Crippen LogP contribution in [0.5, 0.6) is 5.88 Å². The molecule has 5 nitrogen and oxygen atoms in total. The van der Waals surface area contributed by atoms with E-state index in [0.717, 1.165) is 11.1 Å². The van der Waals surface area contributed by atoms with Crippen LogP contribution >= 0.6 is 0 Å². The largest absolute Gasteiger partial charge is 0.479 e. The summed E-state index contributed by atoms with van der Waals surface area (Å²) in [5, 5.41) is 4.18. The highest BCUT2D eigenvalue weighted by Crippen LogP contribution is 2.28. The quantitative estimate of drug-likeness (QED) is 0.776. The van der Waals surface area contributed by atoms with Gasteiger partial charge in [-0.05, 0) is 17.7 Å². The molecule has 5 heteroatoms. The van der Waals surface area contributed by atoms with Gasteiger partial charge in [-0.1, -0.05) is 12.1 Å². The average Bonchev–Trinajstić information content (AvgIpc) is 2.79. The molecule has 0 fully saturated rings. The summed E-state index contributed by atoms with van der Waals surface area (Å²) in [6.45, 7) is 0. The van der Waals surface area contributed by atoms with E-state index in [9.17, 15) is 4.79 Å². The van der Waals surface area contributed by atoms with E-state index in [1.807, 2.05) is 25.4 Å². The van der Waals surface area contributed by atoms with Crippen molar-refractivity contribution in [1.29, 1.82) is 0 Å². The molecule has 2 aromatic rings. The van der Waals surface area contributed by atoms with E-state index in [2.05, 4.69) is 9.84 Å². The van der Waals surface area contributed by atoms with Crippen molar-refractivity contribution in [3.63, 3.8) is 0 Å². The van der Waals surface area contributed by atoms with Crippen molar-refractivity contribution in [3.8, 4) is 17.0 Å². The highest BCUT2D eigenvalue weighted by molar-refractivity contribution is 5.90. The standard InChI is InChI=1S/C13H14N2O3/c1-15-8-11(12(14-15)17-2)9-4-6-10(7-5-9)13(16)18-3/h4-8H,1-3H3. The average molecular weight is 246 g/mol. The van der Waals surface area contributed by atoms with E-state index in [4.69, 9.17) is 4.74 Å². The molecule has 0 bridgehead atoms. The maximum Gasteiger partial charge on any atom is 0.337 e. The number of aryl methyl sites for hydroxylation is 1. The van der Waals surface area contributed by atoms with Crippen LogP contribution in [0.4, 0.5) is 0 Å². The zero-order chi connectivity index (χ0) is 13.1. The number of carbonyl (C=O) groups excluding carboxylic acids is 1. The zero-order valence-corrected chi connectivity index (χ0v) is 10.5. The molecule has 18 heavy (non-hydrogen) atoms. The number of hydrogen-bond donors (Lipinski definition) is 0. The van der Waals surface area contributed by atoms with Gasteiger partial charge in [0.05, 0.1) is 25.3 Å². The third-order valence-electron chi connectivity index (χ3n) is 2.61. The van der Waals surface area contributed by atoms with Crippen LogP contribution in [0.1, 0.15) is 10.4 Å². The SMILES string of the molecule is COC(=O)c1ccc(-c2cn(C)nc2OC)cc1. The van der Waals surface area contributed by atoms with Crippen LogP contribution in [0, 0.1) is 0 Å². The molecule has 1 heterocycles. The Morgan fingerprint density at radius 1 is 1.22 bits per heavy atom. The van der Waals surface area contributed by atoms with Crippen LogP contribution in [0.3, 0.4) is 0 Å². The number of carbonyl (C=O) groups is 1. The molecule has 0 radical (unpaired) electrons. The number of benzene rings is 1. The summed E-state index contributed by atoms with van der Waals surface area (Å²) in [5.41, 5.74) is 2.34. The lowest BCUT2D eigenvalue weighted by Crippen LogP contribution is -2.00. The van der Waals surface area contributed by atoms with Crippen molar-refractivity contribution < 1.29 is 14.3 Å². The fraction of sp³-hybridized carbons (Fsp3) is 0.231. The fourth-order valence-electron chi connectivity index (χ4n) is 1.72. The van der Waals surface area contributed by atoms with Gasteiger partial charge in [0, 0.05) is 13.2 Å². The number of aromatic nitrogens is 2. The van der Waals surface area contributed by atoms with Crippen LogP contribution in [0.15, 0.2) is 30.5 Å². The third-order valence-corrected chi connectivity index (χ3v) is 2.61. The maximum atomic E-state index is 11.3. The van der Waals surface area contributed by atoms with Crippen molar-refractivity contribution >= 4 is 5.97 Å². The Morgan fingerprint density at radius 2 is 1.89 bits per heavy atom. The normalized spacial score (nSPS) is 10.2. The van der Waals surface area contributed by atoms with Gasteiger partial charge in [0.1, 0.15) is 0 Å². The van der Waals surface area contributed by atoms with Crippen molar-refractivity contribution in [2.75, 3.05) is 14.2 Å². The molecule has 0 amide bonds. The van der Waals surface area contributed by atoms with Crippen molar-refractivity contribution in [1.82, 2.24) is 9.78 Å². The number of ether oxygens (including phenoxy) is 2. The minimum atomic E-state index is -0.347. The Kier molecular flexibility index (Phi) is 3.32. The first-order chi connectivity index (χ1) is 8.65. The van der Waals surface area contributed by atoms with Crippen molar-refractivity contribution in [3.05, 3.63) is 36.0 Å². The van der Waals surface area contributed by atoms with Gasteiger partial charge in [0.25, 0.3) is 0 Å². The molecular weight excluding hydrogens is 232 g/mol. The maximum absolute atomic E-state index is 11.3. The Balaban J connectivity index is 2.36. The first-order valence-corrected chi connectivity index (χ1v) is 5.42. The topological polar surface area (TPSA) is 53.4 Å². The molecule has 1 aromatic heterocycles. The van der Waals surface area contributed by atoms with Crippen LogP contribution in [0.2, 0.25) is 0 Å². The summed E-state index contributed by atoms with van der Waals surface area (Å²) in [5.74, 6) is 0.211. The minimum absolute atomic E-state index is 0.347. The Morgan fingerprint density at radius 3 is 2.44 bits per heavy atom. The molecule has 0 aliphatic rings. The van der Waals surface area contributed by atoms with Crippen molar-refractivity contribution in [2.45, 2.75) is 0 Å². The van der Waals surface area contributed by atoms with Gasteiger partial charge in [0.15, 0.2) is 0 Å². The van der Waals surface area contributed by atoms with E-state index in [-0.39, 0.29) is 5.97 Å². The lowest BCUT2D eigenvalue weighted by molar-refractivity contribution is 0.0601. The van der Waals surface area contributed by atoms with Gasteiger partial charge in [0.2, 0.25) is 5.88 Å². The predicted octanol–water partition coefficient (Wildman–Crippen LogP) is 1.88. The molecule has 2 rings (SSSR count). The number of hydrogen-bond acceptors (Lipinski definition) is 4. The molecule has 0 saturated heterocycles. The van der Waals surface area contributed by atoms with Crippen LogP contribution in [-0.2, 0) is 11.8 Å². The van der Waals surface area contributed by atoms with Crippen LogP contribution in [0.25, 0.3) is 11.1 Å². The number of rotatable bonds is 3. The second kappa shape index (κ2) is 4.91. The van der Waals surface area contributed by atoms with E-state index >= 15 is 0 Å². The first kappa shape index (κ1) is 12.2. The van der Waals surface area contributed by atoms with Gasteiger partial charge in [-0.25, -0.2) is 4.79 Å². The summed E-state index contributed by atoms with van der Waals surface area (Å²) in [6.07, 6.45) is 1.87. The lowest BCUT2D eigenvalue weighted by Gasteiger charge is -2.02. The predicted molar refractivity (Wildman–Crippen MR) is 66.5 cm³/mol. The Labute approximate surface area is 105 Å². The number of methoxy groups -OCH3 is 2. The lowest BCUT2D eigenvalue weighted by atomic mass is 10.1. The molecule has 0 spiro atoms.